The third-order valence-electron chi connectivity index (χ3n) is 8.82. The lowest BCUT2D eigenvalue weighted by Gasteiger charge is -2.57. The van der Waals surface area contributed by atoms with Crippen molar-refractivity contribution in [3.05, 3.63) is 65.2 Å². The van der Waals surface area contributed by atoms with Crippen molar-refractivity contribution in [2.24, 2.45) is 5.41 Å². The van der Waals surface area contributed by atoms with Crippen LogP contribution in [-0.2, 0) is 6.54 Å². The minimum absolute atomic E-state index is 0.489. The molecule has 1 unspecified atom stereocenters. The highest BCUT2D eigenvalue weighted by Gasteiger charge is 2.49. The fourth-order valence-electron chi connectivity index (χ4n) is 6.91. The Morgan fingerprint density at radius 3 is 2.41 bits per heavy atom. The van der Waals surface area contributed by atoms with Crippen LogP contribution in [0.3, 0.4) is 0 Å². The second-order valence-electron chi connectivity index (χ2n) is 11.6. The van der Waals surface area contributed by atoms with E-state index < -0.39 is 0 Å². The molecular weight excluding hydrogens is 416 g/mol. The maximum Gasteiger partial charge on any atom is 0.0481 e. The first-order chi connectivity index (χ1) is 16.5. The van der Waals surface area contributed by atoms with Crippen molar-refractivity contribution >= 4 is 5.69 Å². The van der Waals surface area contributed by atoms with Crippen LogP contribution >= 0.6 is 0 Å². The molecule has 1 spiro atoms. The molecule has 5 rings (SSSR count). The van der Waals surface area contributed by atoms with Gasteiger partial charge in [-0.1, -0.05) is 56.3 Å². The minimum atomic E-state index is 0.489. The van der Waals surface area contributed by atoms with Gasteiger partial charge in [-0.25, -0.2) is 0 Å². The smallest absolute Gasteiger partial charge is 0.0481 e. The van der Waals surface area contributed by atoms with E-state index in [1.165, 1.54) is 62.1 Å². The van der Waals surface area contributed by atoms with E-state index in [-0.39, 0.29) is 0 Å². The van der Waals surface area contributed by atoms with Crippen molar-refractivity contribution in [2.75, 3.05) is 51.7 Å². The highest BCUT2D eigenvalue weighted by Crippen LogP contribution is 2.52. The summed E-state index contributed by atoms with van der Waals surface area (Å²) in [5.74, 6) is 0.556. The molecule has 2 aromatic rings. The highest BCUT2D eigenvalue weighted by molar-refractivity contribution is 5.52. The van der Waals surface area contributed by atoms with Gasteiger partial charge < -0.3 is 10.2 Å². The molecule has 0 radical (unpaired) electrons. The third-order valence-corrected chi connectivity index (χ3v) is 8.82. The van der Waals surface area contributed by atoms with Crippen LogP contribution in [0.25, 0.3) is 0 Å². The zero-order chi connectivity index (χ0) is 23.7. The lowest BCUT2D eigenvalue weighted by Crippen LogP contribution is -2.59. The first kappa shape index (κ1) is 23.8. The standard InChI is InChI=1S/C30H44N4/c1-23(2)26-10-6-7-11-27(26)29-22-33(21-24-9-5-8-12-28(24)32(3)4)17-18-34(29)25-19-30(20-25)13-15-31-16-14-30/h5-12,23,25,29,31H,13-22H2,1-4H3. The van der Waals surface area contributed by atoms with E-state index in [0.717, 1.165) is 25.7 Å². The van der Waals surface area contributed by atoms with Crippen LogP contribution in [0.5, 0.6) is 0 Å². The summed E-state index contributed by atoms with van der Waals surface area (Å²) in [6, 6.07) is 19.4. The molecule has 1 aliphatic carbocycles. The van der Waals surface area contributed by atoms with E-state index in [0.29, 0.717) is 17.4 Å². The van der Waals surface area contributed by atoms with Crippen molar-refractivity contribution in [2.45, 2.75) is 64.1 Å². The molecule has 1 saturated carbocycles. The number of anilines is 1. The van der Waals surface area contributed by atoms with E-state index in [9.17, 15) is 0 Å². The topological polar surface area (TPSA) is 21.8 Å². The predicted molar refractivity (Wildman–Crippen MR) is 144 cm³/mol. The van der Waals surface area contributed by atoms with Crippen LogP contribution in [0.15, 0.2) is 48.5 Å². The average Bonchev–Trinajstić information content (AvgIpc) is 2.83. The van der Waals surface area contributed by atoms with Gasteiger partial charge >= 0.3 is 0 Å². The number of piperazine rings is 1. The third kappa shape index (κ3) is 4.78. The van der Waals surface area contributed by atoms with Crippen LogP contribution in [0, 0.1) is 5.41 Å². The van der Waals surface area contributed by atoms with Gasteiger partial charge in [0.2, 0.25) is 0 Å². The van der Waals surface area contributed by atoms with Crippen molar-refractivity contribution in [3.8, 4) is 0 Å². The Hall–Kier alpha value is -1.88. The van der Waals surface area contributed by atoms with Gasteiger partial charge in [-0.2, -0.15) is 0 Å². The molecule has 0 bridgehead atoms. The fourth-order valence-corrected chi connectivity index (χ4v) is 6.91. The van der Waals surface area contributed by atoms with Gasteiger partial charge in [0.15, 0.2) is 0 Å². The zero-order valence-electron chi connectivity index (χ0n) is 21.8. The SMILES string of the molecule is CC(C)c1ccccc1C1CN(Cc2ccccc2N(C)C)CCN1C1CC2(CCNCC2)C1. The molecule has 2 saturated heterocycles. The molecule has 0 aromatic heterocycles. The lowest BCUT2D eigenvalue weighted by atomic mass is 9.60. The summed E-state index contributed by atoms with van der Waals surface area (Å²) >= 11 is 0. The van der Waals surface area contributed by atoms with E-state index >= 15 is 0 Å². The Kier molecular flexibility index (Phi) is 7.02. The maximum absolute atomic E-state index is 3.57. The highest BCUT2D eigenvalue weighted by atomic mass is 15.3. The van der Waals surface area contributed by atoms with E-state index in [1.807, 2.05) is 0 Å². The molecule has 2 aromatic carbocycles. The van der Waals surface area contributed by atoms with Crippen LogP contribution < -0.4 is 10.2 Å². The summed E-state index contributed by atoms with van der Waals surface area (Å²) in [5, 5.41) is 3.57. The van der Waals surface area contributed by atoms with Gasteiger partial charge in [0.05, 0.1) is 0 Å². The molecule has 184 valence electrons. The van der Waals surface area contributed by atoms with Crippen molar-refractivity contribution in [3.63, 3.8) is 0 Å². The summed E-state index contributed by atoms with van der Waals surface area (Å²) in [4.78, 5) is 7.87. The molecule has 0 amide bonds. The number of piperidine rings is 1. The van der Waals surface area contributed by atoms with Gasteiger partial charge in [0.25, 0.3) is 0 Å². The predicted octanol–water partition coefficient (Wildman–Crippen LogP) is 5.27. The first-order valence-electron chi connectivity index (χ1n) is 13.5. The lowest BCUT2D eigenvalue weighted by molar-refractivity contribution is -0.0650. The Morgan fingerprint density at radius 2 is 1.68 bits per heavy atom. The van der Waals surface area contributed by atoms with E-state index in [1.54, 1.807) is 5.56 Å². The Bertz CT molecular complexity index is 954. The monoisotopic (exact) mass is 460 g/mol. The van der Waals surface area contributed by atoms with Crippen LogP contribution in [0.4, 0.5) is 5.69 Å². The molecule has 34 heavy (non-hydrogen) atoms. The fraction of sp³-hybridized carbons (Fsp3) is 0.600. The van der Waals surface area contributed by atoms with Crippen LogP contribution in [-0.4, -0.2) is 62.7 Å². The van der Waals surface area contributed by atoms with Gasteiger partial charge in [-0.05, 0) is 72.9 Å². The molecule has 2 heterocycles. The number of rotatable bonds is 6. The van der Waals surface area contributed by atoms with E-state index in [4.69, 9.17) is 0 Å². The average molecular weight is 461 g/mol. The zero-order valence-corrected chi connectivity index (χ0v) is 21.8. The summed E-state index contributed by atoms with van der Waals surface area (Å²) in [5.41, 5.74) is 6.50. The normalized spacial score (nSPS) is 23.9. The van der Waals surface area contributed by atoms with Gasteiger partial charge in [0, 0.05) is 58.0 Å². The number of hydrogen-bond donors (Lipinski definition) is 1. The molecule has 4 nitrogen and oxygen atoms in total. The second-order valence-corrected chi connectivity index (χ2v) is 11.6. The van der Waals surface area contributed by atoms with Gasteiger partial charge in [0.1, 0.15) is 0 Å². The molecule has 3 fully saturated rings. The number of hydrogen-bond acceptors (Lipinski definition) is 4. The molecule has 3 aliphatic rings. The summed E-state index contributed by atoms with van der Waals surface area (Å²) in [6.45, 7) is 11.6. The maximum atomic E-state index is 3.57. The Morgan fingerprint density at radius 1 is 0.971 bits per heavy atom. The summed E-state index contributed by atoms with van der Waals surface area (Å²) in [6.07, 6.45) is 5.55. The molecule has 4 heteroatoms. The summed E-state index contributed by atoms with van der Waals surface area (Å²) < 4.78 is 0. The Balaban J connectivity index is 1.38. The van der Waals surface area contributed by atoms with Crippen molar-refractivity contribution in [1.29, 1.82) is 0 Å². The van der Waals surface area contributed by atoms with Gasteiger partial charge in [-0.15, -0.1) is 0 Å². The number of nitrogens with one attached hydrogen (secondary N) is 1. The molecule has 1 atom stereocenters. The van der Waals surface area contributed by atoms with Crippen molar-refractivity contribution in [1.82, 2.24) is 15.1 Å². The minimum Gasteiger partial charge on any atom is -0.377 e. The molecular formula is C30H44N4. The number of para-hydroxylation sites is 1. The first-order valence-corrected chi connectivity index (χ1v) is 13.5. The van der Waals surface area contributed by atoms with E-state index in [2.05, 4.69) is 96.5 Å². The molecule has 1 N–H and O–H groups in total. The van der Waals surface area contributed by atoms with Crippen LogP contribution in [0.1, 0.15) is 68.2 Å². The van der Waals surface area contributed by atoms with Gasteiger partial charge in [-0.3, -0.25) is 9.80 Å². The summed E-state index contributed by atoms with van der Waals surface area (Å²) in [7, 11) is 4.32. The van der Waals surface area contributed by atoms with Crippen LogP contribution in [0.2, 0.25) is 0 Å². The Labute approximate surface area is 207 Å². The number of benzene rings is 2. The van der Waals surface area contributed by atoms with Crippen molar-refractivity contribution < 1.29 is 0 Å². The quantitative estimate of drug-likeness (QED) is 0.634. The second kappa shape index (κ2) is 10.0. The number of nitrogens with zero attached hydrogens (tertiary/aromatic N) is 3. The largest absolute Gasteiger partial charge is 0.377 e. The molecule has 2 aliphatic heterocycles.